The Hall–Kier alpha value is -1.40. The van der Waals surface area contributed by atoms with E-state index in [-0.39, 0.29) is 10.8 Å². The van der Waals surface area contributed by atoms with E-state index in [4.69, 9.17) is 5.14 Å². The average molecular weight is 298 g/mol. The number of benzene rings is 1. The molecule has 5 nitrogen and oxygen atoms in total. The number of carbonyl (C=O) groups is 1. The molecule has 0 aliphatic rings. The van der Waals surface area contributed by atoms with Gasteiger partial charge >= 0.3 is 0 Å². The molecule has 1 aromatic rings. The highest BCUT2D eigenvalue weighted by atomic mass is 32.2. The lowest BCUT2D eigenvalue weighted by atomic mass is 10.1. The number of primary sulfonamides is 1. The zero-order chi connectivity index (χ0) is 15.5. The van der Waals surface area contributed by atoms with Gasteiger partial charge in [-0.3, -0.25) is 4.79 Å². The zero-order valence-electron chi connectivity index (χ0n) is 12.4. The van der Waals surface area contributed by atoms with Crippen molar-refractivity contribution in [3.8, 4) is 0 Å². The normalized spacial score (nSPS) is 13.1. The molecule has 0 aliphatic heterocycles. The molecular formula is C14H22N2O3S. The summed E-state index contributed by atoms with van der Waals surface area (Å²) in [5, 5.41) is 5.12. The summed E-state index contributed by atoms with van der Waals surface area (Å²) in [6, 6.07) is 4.46. The number of nitrogens with zero attached hydrogens (tertiary/aromatic N) is 1. The van der Waals surface area contributed by atoms with Gasteiger partial charge in [-0.2, -0.15) is 0 Å². The monoisotopic (exact) mass is 298 g/mol. The Morgan fingerprint density at radius 2 is 1.95 bits per heavy atom. The second-order valence-corrected chi connectivity index (χ2v) is 6.84. The summed E-state index contributed by atoms with van der Waals surface area (Å²) in [4.78, 5) is 13.9. The van der Waals surface area contributed by atoms with Gasteiger partial charge in [0, 0.05) is 19.2 Å². The minimum Gasteiger partial charge on any atom is -0.341 e. The van der Waals surface area contributed by atoms with E-state index in [1.54, 1.807) is 24.9 Å². The highest BCUT2D eigenvalue weighted by Crippen LogP contribution is 2.16. The Kier molecular flexibility index (Phi) is 5.30. The summed E-state index contributed by atoms with van der Waals surface area (Å²) >= 11 is 0. The van der Waals surface area contributed by atoms with Crippen LogP contribution in [0.5, 0.6) is 0 Å². The number of hydrogen-bond donors (Lipinski definition) is 1. The van der Waals surface area contributed by atoms with Crippen LogP contribution in [0.15, 0.2) is 23.1 Å². The van der Waals surface area contributed by atoms with Gasteiger partial charge in [-0.25, -0.2) is 13.6 Å². The standard InChI is InChI=1S/C14H22N2O3S/c1-5-10(2)9-16(4)14(17)12-6-11(3)7-13(8-12)20(15,18)19/h6-8,10H,5,9H2,1-4H3,(H2,15,18,19). The van der Waals surface area contributed by atoms with Gasteiger partial charge in [0.1, 0.15) is 0 Å². The Labute approximate surface area is 120 Å². The summed E-state index contributed by atoms with van der Waals surface area (Å²) in [6.07, 6.45) is 0.980. The number of hydrogen-bond acceptors (Lipinski definition) is 3. The summed E-state index contributed by atoms with van der Waals surface area (Å²) in [5.74, 6) is 0.199. The maximum absolute atomic E-state index is 12.3. The molecule has 0 bridgehead atoms. The van der Waals surface area contributed by atoms with Gasteiger partial charge in [0.2, 0.25) is 10.0 Å². The Bertz CT molecular complexity index is 596. The molecule has 1 amide bonds. The van der Waals surface area contributed by atoms with Crippen LogP contribution in [0.25, 0.3) is 0 Å². The van der Waals surface area contributed by atoms with E-state index in [1.165, 1.54) is 12.1 Å². The number of rotatable bonds is 5. The van der Waals surface area contributed by atoms with Gasteiger partial charge in [0.05, 0.1) is 4.90 Å². The molecule has 1 unspecified atom stereocenters. The highest BCUT2D eigenvalue weighted by Gasteiger charge is 2.17. The number of amides is 1. The molecule has 2 N–H and O–H groups in total. The van der Waals surface area contributed by atoms with Crippen LogP contribution >= 0.6 is 0 Å². The summed E-state index contributed by atoms with van der Waals surface area (Å²) in [6.45, 7) is 6.50. The third kappa shape index (κ3) is 4.31. The molecular weight excluding hydrogens is 276 g/mol. The van der Waals surface area contributed by atoms with Gasteiger partial charge < -0.3 is 4.90 Å². The topological polar surface area (TPSA) is 80.5 Å². The van der Waals surface area contributed by atoms with Crippen LogP contribution in [0, 0.1) is 12.8 Å². The smallest absolute Gasteiger partial charge is 0.253 e. The number of sulfonamides is 1. The van der Waals surface area contributed by atoms with Crippen molar-refractivity contribution in [3.63, 3.8) is 0 Å². The van der Waals surface area contributed by atoms with Crippen LogP contribution in [0.4, 0.5) is 0 Å². The lowest BCUT2D eigenvalue weighted by Gasteiger charge is -2.21. The van der Waals surface area contributed by atoms with Crippen molar-refractivity contribution in [2.45, 2.75) is 32.1 Å². The largest absolute Gasteiger partial charge is 0.341 e. The fraction of sp³-hybridized carbons (Fsp3) is 0.500. The van der Waals surface area contributed by atoms with Crippen molar-refractivity contribution in [3.05, 3.63) is 29.3 Å². The molecule has 20 heavy (non-hydrogen) atoms. The predicted octanol–water partition coefficient (Wildman–Crippen LogP) is 1.76. The molecule has 1 rings (SSSR count). The molecule has 0 radical (unpaired) electrons. The van der Waals surface area contributed by atoms with Crippen LogP contribution in [-0.2, 0) is 10.0 Å². The minimum absolute atomic E-state index is 0.0298. The first-order chi connectivity index (χ1) is 9.15. The molecule has 0 aromatic heterocycles. The molecule has 0 fully saturated rings. The van der Waals surface area contributed by atoms with Gasteiger partial charge in [0.25, 0.3) is 5.91 Å². The fourth-order valence-electron chi connectivity index (χ4n) is 1.94. The third-order valence-electron chi connectivity index (χ3n) is 3.26. The van der Waals surface area contributed by atoms with Crippen LogP contribution in [-0.4, -0.2) is 32.8 Å². The van der Waals surface area contributed by atoms with Crippen molar-refractivity contribution < 1.29 is 13.2 Å². The molecule has 0 saturated carbocycles. The second kappa shape index (κ2) is 6.37. The summed E-state index contributed by atoms with van der Waals surface area (Å²) in [5.41, 5.74) is 1.04. The first kappa shape index (κ1) is 16.7. The van der Waals surface area contributed by atoms with Crippen LogP contribution in [0.3, 0.4) is 0 Å². The Balaban J connectivity index is 3.08. The second-order valence-electron chi connectivity index (χ2n) is 5.28. The van der Waals surface area contributed by atoms with E-state index in [0.29, 0.717) is 23.6 Å². The van der Waals surface area contributed by atoms with Crippen LogP contribution < -0.4 is 5.14 Å². The van der Waals surface area contributed by atoms with E-state index < -0.39 is 10.0 Å². The number of nitrogens with two attached hydrogens (primary N) is 1. The molecule has 0 heterocycles. The van der Waals surface area contributed by atoms with Crippen molar-refractivity contribution in [2.24, 2.45) is 11.1 Å². The molecule has 0 aliphatic carbocycles. The predicted molar refractivity (Wildman–Crippen MR) is 79.0 cm³/mol. The molecule has 0 saturated heterocycles. The number of carbonyl (C=O) groups excluding carboxylic acids is 1. The van der Waals surface area contributed by atoms with Gasteiger partial charge in [-0.15, -0.1) is 0 Å². The fourth-order valence-corrected chi connectivity index (χ4v) is 2.58. The van der Waals surface area contributed by atoms with Crippen molar-refractivity contribution in [2.75, 3.05) is 13.6 Å². The van der Waals surface area contributed by atoms with Crippen molar-refractivity contribution in [1.82, 2.24) is 4.90 Å². The summed E-state index contributed by atoms with van der Waals surface area (Å²) in [7, 11) is -2.09. The van der Waals surface area contributed by atoms with E-state index >= 15 is 0 Å². The number of aryl methyl sites for hydroxylation is 1. The molecule has 112 valence electrons. The van der Waals surface area contributed by atoms with Crippen LogP contribution in [0.1, 0.15) is 36.2 Å². The SMILES string of the molecule is CCC(C)CN(C)C(=O)c1cc(C)cc(S(N)(=O)=O)c1. The van der Waals surface area contributed by atoms with Gasteiger partial charge in [0.15, 0.2) is 0 Å². The zero-order valence-corrected chi connectivity index (χ0v) is 13.2. The molecule has 0 spiro atoms. The average Bonchev–Trinajstić information content (AvgIpc) is 2.35. The molecule has 1 atom stereocenters. The minimum atomic E-state index is -3.81. The van der Waals surface area contributed by atoms with Crippen LogP contribution in [0.2, 0.25) is 0 Å². The van der Waals surface area contributed by atoms with E-state index in [2.05, 4.69) is 13.8 Å². The Morgan fingerprint density at radius 1 is 1.35 bits per heavy atom. The van der Waals surface area contributed by atoms with Crippen molar-refractivity contribution in [1.29, 1.82) is 0 Å². The lowest BCUT2D eigenvalue weighted by Crippen LogP contribution is -2.31. The third-order valence-corrected chi connectivity index (χ3v) is 4.15. The highest BCUT2D eigenvalue weighted by molar-refractivity contribution is 7.89. The lowest BCUT2D eigenvalue weighted by molar-refractivity contribution is 0.0774. The maximum Gasteiger partial charge on any atom is 0.253 e. The van der Waals surface area contributed by atoms with E-state index in [0.717, 1.165) is 6.42 Å². The maximum atomic E-state index is 12.3. The van der Waals surface area contributed by atoms with Gasteiger partial charge in [-0.1, -0.05) is 20.3 Å². The summed E-state index contributed by atoms with van der Waals surface area (Å²) < 4.78 is 22.8. The quantitative estimate of drug-likeness (QED) is 0.899. The first-order valence-electron chi connectivity index (χ1n) is 6.55. The van der Waals surface area contributed by atoms with E-state index in [1.807, 2.05) is 0 Å². The molecule has 6 heteroatoms. The first-order valence-corrected chi connectivity index (χ1v) is 8.09. The van der Waals surface area contributed by atoms with Gasteiger partial charge in [-0.05, 0) is 36.6 Å². The van der Waals surface area contributed by atoms with Crippen molar-refractivity contribution >= 4 is 15.9 Å². The van der Waals surface area contributed by atoms with E-state index in [9.17, 15) is 13.2 Å². The molecule has 1 aromatic carbocycles. The Morgan fingerprint density at radius 3 is 2.45 bits per heavy atom.